The number of halogens is 1. The first-order chi connectivity index (χ1) is 16.3. The number of nitrogens with zero attached hydrogens (tertiary/aromatic N) is 3. The molecule has 1 aliphatic heterocycles. The first kappa shape index (κ1) is 26.9. The molecule has 1 fully saturated rings. The fourth-order valence-corrected chi connectivity index (χ4v) is 6.12. The lowest BCUT2D eigenvalue weighted by molar-refractivity contribution is -0.123. The van der Waals surface area contributed by atoms with Gasteiger partial charge in [0.1, 0.15) is 16.1 Å². The van der Waals surface area contributed by atoms with E-state index in [9.17, 15) is 23.3 Å². The number of aromatic nitrogens is 1. The third kappa shape index (κ3) is 6.72. The number of ether oxygens (including phenoxy) is 1. The van der Waals surface area contributed by atoms with Crippen molar-refractivity contribution in [1.29, 1.82) is 5.26 Å². The molecule has 0 aromatic carbocycles. The smallest absolute Gasteiger partial charge is 0.341 e. The fraction of sp³-hybridized carbons (Fsp3) is 0.478. The molecule has 0 atom stereocenters. The van der Waals surface area contributed by atoms with Crippen molar-refractivity contribution in [1.82, 2.24) is 9.71 Å². The molecule has 35 heavy (non-hydrogen) atoms. The Bertz CT molecular complexity index is 1270. The van der Waals surface area contributed by atoms with Crippen LogP contribution in [0.3, 0.4) is 0 Å². The number of carbonyl (C=O) groups excluding carboxylic acids is 2. The summed E-state index contributed by atoms with van der Waals surface area (Å²) >= 11 is 6.68. The summed E-state index contributed by atoms with van der Waals surface area (Å²) in [6.07, 6.45) is 0.815. The Morgan fingerprint density at radius 2 is 1.97 bits per heavy atom. The molecule has 1 amide bonds. The van der Waals surface area contributed by atoms with Crippen LogP contribution in [0.25, 0.3) is 0 Å². The van der Waals surface area contributed by atoms with Crippen molar-refractivity contribution in [3.63, 3.8) is 0 Å². The van der Waals surface area contributed by atoms with Gasteiger partial charge in [0.2, 0.25) is 5.91 Å². The number of esters is 1. The van der Waals surface area contributed by atoms with Gasteiger partial charge in [-0.1, -0.05) is 32.4 Å². The van der Waals surface area contributed by atoms with E-state index in [2.05, 4.69) is 15.8 Å². The monoisotopic (exact) mass is 538 g/mol. The number of anilines is 1. The van der Waals surface area contributed by atoms with Crippen LogP contribution in [0.5, 0.6) is 0 Å². The average Bonchev–Trinajstić information content (AvgIpc) is 3.23. The topological polar surface area (TPSA) is 129 Å². The van der Waals surface area contributed by atoms with Crippen molar-refractivity contribution >= 4 is 50.7 Å². The molecule has 1 saturated heterocycles. The van der Waals surface area contributed by atoms with Crippen LogP contribution < -0.4 is 9.62 Å². The summed E-state index contributed by atoms with van der Waals surface area (Å²) < 4.78 is 32.6. The van der Waals surface area contributed by atoms with Crippen molar-refractivity contribution in [2.75, 3.05) is 24.6 Å². The van der Waals surface area contributed by atoms with Crippen molar-refractivity contribution in [3.8, 4) is 6.07 Å². The van der Waals surface area contributed by atoms with E-state index in [1.807, 2.05) is 25.7 Å². The second kappa shape index (κ2) is 10.5. The van der Waals surface area contributed by atoms with E-state index in [1.54, 1.807) is 13.0 Å². The Morgan fingerprint density at radius 3 is 2.51 bits per heavy atom. The van der Waals surface area contributed by atoms with Gasteiger partial charge < -0.3 is 9.64 Å². The maximum atomic E-state index is 12.6. The molecule has 12 heteroatoms. The number of amides is 1. The Labute approximate surface area is 214 Å². The quantitative estimate of drug-likeness (QED) is 0.548. The molecule has 0 radical (unpaired) electrons. The Morgan fingerprint density at radius 1 is 1.31 bits per heavy atom. The van der Waals surface area contributed by atoms with Crippen molar-refractivity contribution < 1.29 is 22.7 Å². The molecule has 188 valence electrons. The predicted molar refractivity (Wildman–Crippen MR) is 133 cm³/mol. The van der Waals surface area contributed by atoms with Gasteiger partial charge in [-0.05, 0) is 43.4 Å². The highest BCUT2D eigenvalue weighted by Crippen LogP contribution is 2.28. The highest BCUT2D eigenvalue weighted by atomic mass is 35.5. The number of pyridine rings is 1. The first-order valence-corrected chi connectivity index (χ1v) is 13.6. The number of rotatable bonds is 6. The number of aryl methyl sites for hydroxylation is 1. The zero-order chi connectivity index (χ0) is 26.0. The zero-order valence-electron chi connectivity index (χ0n) is 19.9. The Balaban J connectivity index is 1.67. The number of hydrogen-bond acceptors (Lipinski definition) is 9. The standard InChI is InChI=1S/C23H27ClN4O5S2/c1-14-20(22(30)33-13-23(2,3)4)16(12-25)11-18(26-14)28-9-7-15(8-10-28)21(29)27-35(31,32)19-6-5-17(24)34-19/h5-6,11,15H,7-10,13H2,1-4H3,(H,27,29). The van der Waals surface area contributed by atoms with E-state index in [4.69, 9.17) is 16.3 Å². The van der Waals surface area contributed by atoms with Crippen molar-refractivity contribution in [2.45, 2.75) is 44.7 Å². The van der Waals surface area contributed by atoms with E-state index < -0.39 is 27.8 Å². The molecule has 2 aromatic rings. The lowest BCUT2D eigenvalue weighted by Crippen LogP contribution is -2.42. The SMILES string of the molecule is Cc1nc(N2CCC(C(=O)NS(=O)(=O)c3ccc(Cl)s3)CC2)cc(C#N)c1C(=O)OCC(C)(C)C. The van der Waals surface area contributed by atoms with Crippen LogP contribution in [0, 0.1) is 29.6 Å². The van der Waals surface area contributed by atoms with Crippen LogP contribution in [-0.2, 0) is 19.6 Å². The minimum atomic E-state index is -3.97. The summed E-state index contributed by atoms with van der Waals surface area (Å²) in [5.41, 5.74) is 0.496. The molecule has 0 aliphatic carbocycles. The largest absolute Gasteiger partial charge is 0.461 e. The molecule has 0 bridgehead atoms. The Kier molecular flexibility index (Phi) is 8.09. The number of nitriles is 1. The third-order valence-electron chi connectivity index (χ3n) is 5.39. The van der Waals surface area contributed by atoms with E-state index in [-0.39, 0.29) is 27.4 Å². The molecule has 0 saturated carbocycles. The van der Waals surface area contributed by atoms with E-state index >= 15 is 0 Å². The molecule has 0 unspecified atom stereocenters. The molecule has 9 nitrogen and oxygen atoms in total. The van der Waals surface area contributed by atoms with Gasteiger partial charge in [0.15, 0.2) is 0 Å². The minimum Gasteiger partial charge on any atom is -0.461 e. The highest BCUT2D eigenvalue weighted by Gasteiger charge is 2.30. The van der Waals surface area contributed by atoms with Gasteiger partial charge in [0.25, 0.3) is 10.0 Å². The van der Waals surface area contributed by atoms with Crippen LogP contribution in [0.1, 0.15) is 55.2 Å². The number of carbonyl (C=O) groups is 2. The highest BCUT2D eigenvalue weighted by molar-refractivity contribution is 7.92. The Hall–Kier alpha value is -2.68. The zero-order valence-corrected chi connectivity index (χ0v) is 22.3. The lowest BCUT2D eigenvalue weighted by atomic mass is 9.96. The molecular weight excluding hydrogens is 512 g/mol. The van der Waals surface area contributed by atoms with Gasteiger partial charge in [-0.25, -0.2) is 22.9 Å². The van der Waals surface area contributed by atoms with Crippen molar-refractivity contribution in [2.24, 2.45) is 11.3 Å². The molecular formula is C23H27ClN4O5S2. The lowest BCUT2D eigenvalue weighted by Gasteiger charge is -2.32. The molecule has 3 rings (SSSR count). The molecule has 3 heterocycles. The molecule has 2 aromatic heterocycles. The third-order valence-corrected chi connectivity index (χ3v) is 8.46. The van der Waals surface area contributed by atoms with Gasteiger partial charge >= 0.3 is 5.97 Å². The van der Waals surface area contributed by atoms with Crippen LogP contribution >= 0.6 is 22.9 Å². The number of piperidine rings is 1. The van der Waals surface area contributed by atoms with Gasteiger partial charge in [0, 0.05) is 19.0 Å². The number of thiophene rings is 1. The number of sulfonamides is 1. The number of nitrogens with one attached hydrogen (secondary N) is 1. The van der Waals surface area contributed by atoms with Crippen LogP contribution in [-0.4, -0.2) is 45.0 Å². The van der Waals surface area contributed by atoms with Crippen molar-refractivity contribution in [3.05, 3.63) is 39.4 Å². The summed E-state index contributed by atoms with van der Waals surface area (Å²) in [6, 6.07) is 6.42. The van der Waals surface area contributed by atoms with Crippen LogP contribution in [0.2, 0.25) is 4.34 Å². The summed E-state index contributed by atoms with van der Waals surface area (Å²) in [4.78, 5) is 31.6. The summed E-state index contributed by atoms with van der Waals surface area (Å²) in [5, 5.41) is 9.64. The van der Waals surface area contributed by atoms with Crippen LogP contribution in [0.4, 0.5) is 5.82 Å². The maximum absolute atomic E-state index is 12.6. The van der Waals surface area contributed by atoms with Crippen LogP contribution in [0.15, 0.2) is 22.4 Å². The van der Waals surface area contributed by atoms with Gasteiger partial charge in [-0.2, -0.15) is 5.26 Å². The normalized spacial score (nSPS) is 14.9. The first-order valence-electron chi connectivity index (χ1n) is 11.0. The maximum Gasteiger partial charge on any atom is 0.341 e. The van der Waals surface area contributed by atoms with Gasteiger partial charge in [-0.15, -0.1) is 11.3 Å². The summed E-state index contributed by atoms with van der Waals surface area (Å²) in [7, 11) is -3.97. The molecule has 1 aliphatic rings. The summed E-state index contributed by atoms with van der Waals surface area (Å²) in [5.74, 6) is -1.12. The van der Waals surface area contributed by atoms with Gasteiger partial charge in [0.05, 0.1) is 27.8 Å². The minimum absolute atomic E-state index is 0.0156. The second-order valence-corrected chi connectivity index (χ2v) is 13.2. The second-order valence-electron chi connectivity index (χ2n) is 9.53. The number of hydrogen-bond donors (Lipinski definition) is 1. The summed E-state index contributed by atoms with van der Waals surface area (Å²) in [6.45, 7) is 8.56. The average molecular weight is 539 g/mol. The van der Waals surface area contributed by atoms with E-state index in [0.717, 1.165) is 11.3 Å². The van der Waals surface area contributed by atoms with E-state index in [0.29, 0.717) is 41.8 Å². The predicted octanol–water partition coefficient (Wildman–Crippen LogP) is 3.90. The van der Waals surface area contributed by atoms with E-state index in [1.165, 1.54) is 12.1 Å². The fourth-order valence-electron chi connectivity index (χ4n) is 3.60. The molecule has 1 N–H and O–H groups in total. The van der Waals surface area contributed by atoms with Gasteiger partial charge in [-0.3, -0.25) is 4.79 Å². The molecule has 0 spiro atoms.